The van der Waals surface area contributed by atoms with E-state index in [9.17, 15) is 14.7 Å². The van der Waals surface area contributed by atoms with Crippen molar-refractivity contribution in [2.75, 3.05) is 46.1 Å². The van der Waals surface area contributed by atoms with Crippen LogP contribution in [0.2, 0.25) is 0 Å². The number of carboxylic acids is 1. The SMILES string of the molecule is CCCNC(=O)N(CCCOCCC)CCOc1ccc(CC(OCC)C(=O)O)cc1. The lowest BCUT2D eigenvalue weighted by Gasteiger charge is -2.23. The second kappa shape index (κ2) is 16.4. The number of aliphatic carboxylic acids is 1. The molecule has 2 N–H and O–H groups in total. The number of ether oxygens (including phenoxy) is 3. The average Bonchev–Trinajstić information content (AvgIpc) is 2.76. The maximum atomic E-state index is 12.4. The number of nitrogens with one attached hydrogen (secondary N) is 1. The summed E-state index contributed by atoms with van der Waals surface area (Å²) >= 11 is 0. The Bertz CT molecular complexity index is 623. The Labute approximate surface area is 185 Å². The molecule has 0 saturated heterocycles. The summed E-state index contributed by atoms with van der Waals surface area (Å²) in [4.78, 5) is 25.3. The second-order valence-electron chi connectivity index (χ2n) is 7.16. The van der Waals surface area contributed by atoms with E-state index in [0.717, 1.165) is 31.4 Å². The largest absolute Gasteiger partial charge is 0.492 e. The molecule has 176 valence electrons. The third kappa shape index (κ3) is 11.6. The van der Waals surface area contributed by atoms with Crippen LogP contribution in [-0.4, -0.2) is 74.2 Å². The molecule has 0 bridgehead atoms. The molecule has 1 aromatic carbocycles. The number of carboxylic acid groups (broad SMARTS) is 1. The van der Waals surface area contributed by atoms with Crippen LogP contribution in [0.4, 0.5) is 4.79 Å². The van der Waals surface area contributed by atoms with Crippen molar-refractivity contribution in [2.24, 2.45) is 0 Å². The number of amides is 2. The molecule has 0 spiro atoms. The van der Waals surface area contributed by atoms with E-state index in [2.05, 4.69) is 12.2 Å². The average molecular weight is 439 g/mol. The number of urea groups is 1. The molecule has 1 unspecified atom stereocenters. The highest BCUT2D eigenvalue weighted by molar-refractivity contribution is 5.74. The minimum Gasteiger partial charge on any atom is -0.492 e. The quantitative estimate of drug-likeness (QED) is 0.362. The van der Waals surface area contributed by atoms with Gasteiger partial charge >= 0.3 is 12.0 Å². The lowest BCUT2D eigenvalue weighted by atomic mass is 10.1. The van der Waals surface area contributed by atoms with Gasteiger partial charge in [0.15, 0.2) is 6.10 Å². The first-order chi connectivity index (χ1) is 15.0. The summed E-state index contributed by atoms with van der Waals surface area (Å²) in [7, 11) is 0. The van der Waals surface area contributed by atoms with Crippen LogP contribution in [0.25, 0.3) is 0 Å². The van der Waals surface area contributed by atoms with Gasteiger partial charge in [0.25, 0.3) is 0 Å². The normalized spacial score (nSPS) is 11.7. The van der Waals surface area contributed by atoms with Crippen molar-refractivity contribution in [3.8, 4) is 5.75 Å². The van der Waals surface area contributed by atoms with Crippen molar-refractivity contribution < 1.29 is 28.9 Å². The Kier molecular flexibility index (Phi) is 14.1. The van der Waals surface area contributed by atoms with Gasteiger partial charge in [-0.05, 0) is 43.9 Å². The van der Waals surface area contributed by atoms with Gasteiger partial charge in [-0.15, -0.1) is 0 Å². The lowest BCUT2D eigenvalue weighted by molar-refractivity contribution is -0.149. The van der Waals surface area contributed by atoms with Crippen LogP contribution >= 0.6 is 0 Å². The monoisotopic (exact) mass is 438 g/mol. The van der Waals surface area contributed by atoms with E-state index in [0.29, 0.717) is 51.6 Å². The molecule has 0 aliphatic heterocycles. The minimum atomic E-state index is -0.969. The number of hydrogen-bond acceptors (Lipinski definition) is 5. The Morgan fingerprint density at radius 3 is 2.39 bits per heavy atom. The van der Waals surface area contributed by atoms with Gasteiger partial charge in [-0.25, -0.2) is 9.59 Å². The molecule has 8 nitrogen and oxygen atoms in total. The number of benzene rings is 1. The third-order valence-corrected chi connectivity index (χ3v) is 4.50. The molecule has 1 atom stereocenters. The molecule has 0 aromatic heterocycles. The van der Waals surface area contributed by atoms with E-state index < -0.39 is 12.1 Å². The van der Waals surface area contributed by atoms with E-state index in [4.69, 9.17) is 14.2 Å². The van der Waals surface area contributed by atoms with Gasteiger partial charge in [0.2, 0.25) is 0 Å². The van der Waals surface area contributed by atoms with Gasteiger partial charge in [0.1, 0.15) is 12.4 Å². The fraction of sp³-hybridized carbons (Fsp3) is 0.652. The van der Waals surface area contributed by atoms with Gasteiger partial charge in [0, 0.05) is 39.3 Å². The summed E-state index contributed by atoms with van der Waals surface area (Å²) in [5, 5.41) is 12.1. The van der Waals surface area contributed by atoms with E-state index in [1.54, 1.807) is 24.0 Å². The molecule has 0 aliphatic rings. The van der Waals surface area contributed by atoms with Crippen LogP contribution in [-0.2, 0) is 20.7 Å². The first-order valence-corrected chi connectivity index (χ1v) is 11.2. The van der Waals surface area contributed by atoms with Gasteiger partial charge in [-0.1, -0.05) is 26.0 Å². The molecule has 0 aliphatic carbocycles. The predicted molar refractivity (Wildman–Crippen MR) is 120 cm³/mol. The predicted octanol–water partition coefficient (Wildman–Crippen LogP) is 3.34. The molecular formula is C23H38N2O6. The van der Waals surface area contributed by atoms with Crippen molar-refractivity contribution in [3.63, 3.8) is 0 Å². The Balaban J connectivity index is 2.51. The summed E-state index contributed by atoms with van der Waals surface area (Å²) in [6.45, 7) is 9.66. The molecule has 0 radical (unpaired) electrons. The summed E-state index contributed by atoms with van der Waals surface area (Å²) in [5.41, 5.74) is 0.862. The van der Waals surface area contributed by atoms with Crippen LogP contribution in [0.1, 0.15) is 45.6 Å². The number of rotatable bonds is 17. The van der Waals surface area contributed by atoms with E-state index in [1.807, 2.05) is 19.1 Å². The lowest BCUT2D eigenvalue weighted by Crippen LogP contribution is -2.43. The Morgan fingerprint density at radius 1 is 1.03 bits per heavy atom. The van der Waals surface area contributed by atoms with Crippen molar-refractivity contribution in [3.05, 3.63) is 29.8 Å². The van der Waals surface area contributed by atoms with Gasteiger partial charge in [0.05, 0.1) is 6.54 Å². The van der Waals surface area contributed by atoms with Crippen molar-refractivity contribution in [2.45, 2.75) is 52.6 Å². The number of hydrogen-bond donors (Lipinski definition) is 2. The number of nitrogens with zero attached hydrogens (tertiary/aromatic N) is 1. The van der Waals surface area contributed by atoms with Crippen LogP contribution in [0.5, 0.6) is 5.75 Å². The smallest absolute Gasteiger partial charge is 0.333 e. The van der Waals surface area contributed by atoms with Gasteiger partial charge in [-0.3, -0.25) is 0 Å². The maximum absolute atomic E-state index is 12.4. The van der Waals surface area contributed by atoms with Crippen LogP contribution in [0.3, 0.4) is 0 Å². The van der Waals surface area contributed by atoms with Crippen LogP contribution in [0, 0.1) is 0 Å². The number of carbonyl (C=O) groups is 2. The van der Waals surface area contributed by atoms with Gasteiger partial charge < -0.3 is 29.5 Å². The fourth-order valence-corrected chi connectivity index (χ4v) is 2.89. The summed E-state index contributed by atoms with van der Waals surface area (Å²) < 4.78 is 16.5. The molecule has 0 saturated carbocycles. The molecule has 1 aromatic rings. The highest BCUT2D eigenvalue weighted by atomic mass is 16.5. The zero-order valence-corrected chi connectivity index (χ0v) is 19.1. The summed E-state index contributed by atoms with van der Waals surface area (Å²) in [6, 6.07) is 7.19. The summed E-state index contributed by atoms with van der Waals surface area (Å²) in [5.74, 6) is -0.295. The molecular weight excluding hydrogens is 400 g/mol. The van der Waals surface area contributed by atoms with Crippen molar-refractivity contribution in [1.82, 2.24) is 10.2 Å². The molecule has 1 rings (SSSR count). The van der Waals surface area contributed by atoms with Gasteiger partial charge in [-0.2, -0.15) is 0 Å². The van der Waals surface area contributed by atoms with Crippen LogP contribution in [0.15, 0.2) is 24.3 Å². The summed E-state index contributed by atoms with van der Waals surface area (Å²) in [6.07, 6.45) is 2.09. The zero-order chi connectivity index (χ0) is 22.9. The van der Waals surface area contributed by atoms with E-state index in [-0.39, 0.29) is 6.03 Å². The Morgan fingerprint density at radius 2 is 1.77 bits per heavy atom. The fourth-order valence-electron chi connectivity index (χ4n) is 2.89. The molecule has 0 fully saturated rings. The highest BCUT2D eigenvalue weighted by Gasteiger charge is 2.18. The highest BCUT2D eigenvalue weighted by Crippen LogP contribution is 2.14. The van der Waals surface area contributed by atoms with Crippen molar-refractivity contribution in [1.29, 1.82) is 0 Å². The second-order valence-corrected chi connectivity index (χ2v) is 7.16. The molecule has 0 heterocycles. The van der Waals surface area contributed by atoms with Crippen molar-refractivity contribution >= 4 is 12.0 Å². The zero-order valence-electron chi connectivity index (χ0n) is 19.1. The topological polar surface area (TPSA) is 97.3 Å². The maximum Gasteiger partial charge on any atom is 0.333 e. The third-order valence-electron chi connectivity index (χ3n) is 4.50. The molecule has 31 heavy (non-hydrogen) atoms. The van der Waals surface area contributed by atoms with E-state index in [1.165, 1.54) is 0 Å². The molecule has 8 heteroatoms. The molecule has 2 amide bonds. The van der Waals surface area contributed by atoms with Crippen LogP contribution < -0.4 is 10.1 Å². The Hall–Kier alpha value is -2.32. The standard InChI is InChI=1S/C23H38N2O6/c1-4-12-24-23(28)25(13-7-16-29-15-5-2)14-17-31-20-10-8-19(9-11-20)18-21(22(26)27)30-6-3/h8-11,21H,4-7,12-18H2,1-3H3,(H,24,28)(H,26,27). The first-order valence-electron chi connectivity index (χ1n) is 11.2. The minimum absolute atomic E-state index is 0.0908. The number of carbonyl (C=O) groups excluding carboxylic acids is 1. The van der Waals surface area contributed by atoms with E-state index >= 15 is 0 Å². The first kappa shape index (κ1) is 26.7.